The van der Waals surface area contributed by atoms with Crippen LogP contribution in [0, 0.1) is 11.6 Å². The van der Waals surface area contributed by atoms with E-state index in [1.165, 1.54) is 12.1 Å². The molecular weight excluding hydrogens is 260 g/mol. The number of benzene rings is 1. The minimum Gasteiger partial charge on any atom is -0.329 e. The van der Waals surface area contributed by atoms with E-state index in [1.807, 2.05) is 4.57 Å². The van der Waals surface area contributed by atoms with Crippen molar-refractivity contribution in [3.8, 4) is 0 Å². The fourth-order valence-electron chi connectivity index (χ4n) is 1.83. The van der Waals surface area contributed by atoms with Crippen molar-refractivity contribution < 1.29 is 8.78 Å². The summed E-state index contributed by atoms with van der Waals surface area (Å²) in [5.74, 6) is -1.10. The first-order valence-electron chi connectivity index (χ1n) is 6.53. The smallest absolute Gasteiger partial charge is 0.131 e. The number of imidazole rings is 1. The van der Waals surface area contributed by atoms with Gasteiger partial charge < -0.3 is 9.88 Å². The molecular formula is C15H19F2N3. The summed E-state index contributed by atoms with van der Waals surface area (Å²) in [6.45, 7) is 7.22. The summed E-state index contributed by atoms with van der Waals surface area (Å²) in [4.78, 5) is 4.09. The van der Waals surface area contributed by atoms with Gasteiger partial charge in [0.25, 0.3) is 0 Å². The molecule has 0 saturated heterocycles. The Labute approximate surface area is 117 Å². The summed E-state index contributed by atoms with van der Waals surface area (Å²) in [6.07, 6.45) is 3.41. The fourth-order valence-corrected chi connectivity index (χ4v) is 1.83. The molecule has 0 amide bonds. The molecule has 2 aromatic rings. The van der Waals surface area contributed by atoms with Gasteiger partial charge in [-0.25, -0.2) is 13.8 Å². The lowest BCUT2D eigenvalue weighted by Crippen LogP contribution is -2.35. The SMILES string of the molecule is CC(C)(C)NCc1cncn1Cc1ccc(F)cc1F. The highest BCUT2D eigenvalue weighted by atomic mass is 19.1. The number of aromatic nitrogens is 2. The molecule has 0 atom stereocenters. The van der Waals surface area contributed by atoms with Crippen molar-refractivity contribution in [1.29, 1.82) is 0 Å². The Bertz CT molecular complexity index is 585. The van der Waals surface area contributed by atoms with Crippen LogP contribution in [0.3, 0.4) is 0 Å². The molecule has 0 bridgehead atoms. The van der Waals surface area contributed by atoms with Crippen molar-refractivity contribution in [3.63, 3.8) is 0 Å². The number of rotatable bonds is 4. The number of hydrogen-bond acceptors (Lipinski definition) is 2. The number of nitrogens with zero attached hydrogens (tertiary/aromatic N) is 2. The maximum atomic E-state index is 13.7. The third-order valence-corrected chi connectivity index (χ3v) is 2.95. The van der Waals surface area contributed by atoms with Crippen LogP contribution in [0.15, 0.2) is 30.7 Å². The fraction of sp³-hybridized carbons (Fsp3) is 0.400. The zero-order valence-corrected chi connectivity index (χ0v) is 12.0. The molecule has 1 aromatic carbocycles. The van der Waals surface area contributed by atoms with Crippen molar-refractivity contribution in [2.24, 2.45) is 0 Å². The first-order chi connectivity index (χ1) is 9.35. The van der Waals surface area contributed by atoms with Gasteiger partial charge in [0.2, 0.25) is 0 Å². The second-order valence-corrected chi connectivity index (χ2v) is 5.85. The third kappa shape index (κ3) is 3.87. The van der Waals surface area contributed by atoms with Crippen LogP contribution in [0.5, 0.6) is 0 Å². The topological polar surface area (TPSA) is 29.9 Å². The monoisotopic (exact) mass is 279 g/mol. The molecule has 0 aliphatic carbocycles. The Morgan fingerprint density at radius 3 is 2.65 bits per heavy atom. The largest absolute Gasteiger partial charge is 0.329 e. The summed E-state index contributed by atoms with van der Waals surface area (Å²) >= 11 is 0. The lowest BCUT2D eigenvalue weighted by atomic mass is 10.1. The van der Waals surface area contributed by atoms with E-state index >= 15 is 0 Å². The minimum absolute atomic E-state index is 0.00374. The van der Waals surface area contributed by atoms with E-state index in [0.717, 1.165) is 11.8 Å². The lowest BCUT2D eigenvalue weighted by molar-refractivity contribution is 0.416. The van der Waals surface area contributed by atoms with Crippen molar-refractivity contribution in [3.05, 3.63) is 53.6 Å². The van der Waals surface area contributed by atoms with Crippen molar-refractivity contribution >= 4 is 0 Å². The molecule has 2 rings (SSSR count). The molecule has 0 saturated carbocycles. The highest BCUT2D eigenvalue weighted by molar-refractivity contribution is 5.19. The van der Waals surface area contributed by atoms with Crippen LogP contribution in [0.4, 0.5) is 8.78 Å². The predicted octanol–water partition coefficient (Wildman–Crippen LogP) is 3.10. The van der Waals surface area contributed by atoms with Gasteiger partial charge in [0, 0.05) is 29.9 Å². The standard InChI is InChI=1S/C15H19F2N3/c1-15(2,3)19-8-13-7-18-10-20(13)9-11-4-5-12(16)6-14(11)17/h4-7,10,19H,8-9H2,1-3H3. The van der Waals surface area contributed by atoms with Crippen molar-refractivity contribution in [1.82, 2.24) is 14.9 Å². The Balaban J connectivity index is 2.12. The third-order valence-electron chi connectivity index (χ3n) is 2.95. The second-order valence-electron chi connectivity index (χ2n) is 5.85. The van der Waals surface area contributed by atoms with E-state index in [9.17, 15) is 8.78 Å². The van der Waals surface area contributed by atoms with Gasteiger partial charge in [-0.1, -0.05) is 6.07 Å². The Kier molecular flexibility index (Phi) is 4.18. The molecule has 0 unspecified atom stereocenters. The van der Waals surface area contributed by atoms with Crippen LogP contribution in [0.1, 0.15) is 32.0 Å². The molecule has 0 aliphatic heterocycles. The van der Waals surface area contributed by atoms with Gasteiger partial charge in [0.15, 0.2) is 0 Å². The molecule has 0 aliphatic rings. The normalized spacial score (nSPS) is 11.8. The van der Waals surface area contributed by atoms with Gasteiger partial charge in [-0.3, -0.25) is 0 Å². The van der Waals surface area contributed by atoms with E-state index in [-0.39, 0.29) is 5.54 Å². The summed E-state index contributed by atoms with van der Waals surface area (Å²) < 4.78 is 28.4. The molecule has 20 heavy (non-hydrogen) atoms. The molecule has 1 N–H and O–H groups in total. The van der Waals surface area contributed by atoms with Gasteiger partial charge >= 0.3 is 0 Å². The highest BCUT2D eigenvalue weighted by Gasteiger charge is 2.12. The number of halogens is 2. The molecule has 0 radical (unpaired) electrons. The predicted molar refractivity (Wildman–Crippen MR) is 74.3 cm³/mol. The number of hydrogen-bond donors (Lipinski definition) is 1. The summed E-state index contributed by atoms with van der Waals surface area (Å²) in [5.41, 5.74) is 1.40. The Morgan fingerprint density at radius 1 is 1.25 bits per heavy atom. The molecule has 5 heteroatoms. The molecule has 0 spiro atoms. The van der Waals surface area contributed by atoms with Gasteiger partial charge in [-0.05, 0) is 26.8 Å². The van der Waals surface area contributed by atoms with E-state index in [0.29, 0.717) is 18.7 Å². The molecule has 1 heterocycles. The van der Waals surface area contributed by atoms with E-state index in [4.69, 9.17) is 0 Å². The second kappa shape index (κ2) is 5.71. The zero-order chi connectivity index (χ0) is 14.8. The quantitative estimate of drug-likeness (QED) is 0.932. The van der Waals surface area contributed by atoms with Crippen LogP contribution >= 0.6 is 0 Å². The zero-order valence-electron chi connectivity index (χ0n) is 12.0. The van der Waals surface area contributed by atoms with E-state index in [2.05, 4.69) is 31.1 Å². The molecule has 3 nitrogen and oxygen atoms in total. The maximum Gasteiger partial charge on any atom is 0.131 e. The highest BCUT2D eigenvalue weighted by Crippen LogP contribution is 2.13. The summed E-state index contributed by atoms with van der Waals surface area (Å²) in [5, 5.41) is 3.36. The average molecular weight is 279 g/mol. The first kappa shape index (κ1) is 14.7. The molecule has 0 fully saturated rings. The van der Waals surface area contributed by atoms with Gasteiger partial charge in [-0.2, -0.15) is 0 Å². The Morgan fingerprint density at radius 2 is 2.00 bits per heavy atom. The van der Waals surface area contributed by atoms with Gasteiger partial charge in [0.1, 0.15) is 11.6 Å². The van der Waals surface area contributed by atoms with Crippen LogP contribution < -0.4 is 5.32 Å². The Hall–Kier alpha value is -1.75. The van der Waals surface area contributed by atoms with E-state index in [1.54, 1.807) is 12.5 Å². The lowest BCUT2D eigenvalue weighted by Gasteiger charge is -2.21. The first-order valence-corrected chi connectivity index (χ1v) is 6.53. The summed E-state index contributed by atoms with van der Waals surface area (Å²) in [6, 6.07) is 3.63. The van der Waals surface area contributed by atoms with Crippen LogP contribution in [-0.4, -0.2) is 15.1 Å². The summed E-state index contributed by atoms with van der Waals surface area (Å²) in [7, 11) is 0. The minimum atomic E-state index is -0.563. The average Bonchev–Trinajstić information content (AvgIpc) is 2.77. The van der Waals surface area contributed by atoms with Crippen LogP contribution in [0.25, 0.3) is 0 Å². The van der Waals surface area contributed by atoms with Gasteiger partial charge in [0.05, 0.1) is 18.6 Å². The molecule has 1 aromatic heterocycles. The van der Waals surface area contributed by atoms with Crippen LogP contribution in [-0.2, 0) is 13.1 Å². The van der Waals surface area contributed by atoms with Gasteiger partial charge in [-0.15, -0.1) is 0 Å². The van der Waals surface area contributed by atoms with Crippen molar-refractivity contribution in [2.75, 3.05) is 0 Å². The maximum absolute atomic E-state index is 13.7. The molecule has 108 valence electrons. The van der Waals surface area contributed by atoms with Crippen LogP contribution in [0.2, 0.25) is 0 Å². The van der Waals surface area contributed by atoms with Crippen molar-refractivity contribution in [2.45, 2.75) is 39.4 Å². The number of nitrogens with one attached hydrogen (secondary N) is 1. The van der Waals surface area contributed by atoms with E-state index < -0.39 is 11.6 Å².